The Morgan fingerprint density at radius 1 is 0.886 bits per heavy atom. The largest absolute Gasteiger partial charge is 0.484 e. The Morgan fingerprint density at radius 3 is 2.23 bits per heavy atom. The van der Waals surface area contributed by atoms with Crippen LogP contribution in [0.25, 0.3) is 0 Å². The number of carbonyl (C=O) groups is 3. The fourth-order valence-electron chi connectivity index (χ4n) is 3.17. The van der Waals surface area contributed by atoms with E-state index >= 15 is 0 Å². The second-order valence-corrected chi connectivity index (χ2v) is 7.75. The highest BCUT2D eigenvalue weighted by molar-refractivity contribution is 6.35. The monoisotopic (exact) mass is 472 g/mol. The summed E-state index contributed by atoms with van der Waals surface area (Å²) >= 11 is 0. The minimum atomic E-state index is -0.843. The second-order valence-electron chi connectivity index (χ2n) is 7.75. The molecule has 0 aliphatic heterocycles. The Labute approximate surface area is 204 Å². The predicted molar refractivity (Wildman–Crippen MR) is 134 cm³/mol. The van der Waals surface area contributed by atoms with Gasteiger partial charge in [0.05, 0.1) is 12.3 Å². The van der Waals surface area contributed by atoms with E-state index in [2.05, 4.69) is 21.2 Å². The van der Waals surface area contributed by atoms with Crippen molar-refractivity contribution in [1.82, 2.24) is 16.1 Å². The highest BCUT2D eigenvalue weighted by Crippen LogP contribution is 2.13. The first-order chi connectivity index (χ1) is 17.0. The van der Waals surface area contributed by atoms with Gasteiger partial charge in [-0.15, -0.1) is 0 Å². The topological polar surface area (TPSA) is 109 Å². The van der Waals surface area contributed by atoms with Crippen LogP contribution in [0.1, 0.15) is 29.7 Å². The molecule has 0 radical (unpaired) electrons. The van der Waals surface area contributed by atoms with Crippen molar-refractivity contribution in [3.05, 3.63) is 102 Å². The van der Waals surface area contributed by atoms with Crippen molar-refractivity contribution >= 4 is 23.9 Å². The average molecular weight is 473 g/mol. The lowest BCUT2D eigenvalue weighted by Crippen LogP contribution is -2.38. The predicted octanol–water partition coefficient (Wildman–Crippen LogP) is 2.75. The van der Waals surface area contributed by atoms with Gasteiger partial charge in [-0.1, -0.05) is 60.7 Å². The van der Waals surface area contributed by atoms with E-state index in [4.69, 9.17) is 4.74 Å². The zero-order chi connectivity index (χ0) is 24.9. The van der Waals surface area contributed by atoms with Crippen LogP contribution in [0.2, 0.25) is 0 Å². The third kappa shape index (κ3) is 8.77. The minimum absolute atomic E-state index is 0.111. The van der Waals surface area contributed by atoms with E-state index in [0.29, 0.717) is 24.3 Å². The quantitative estimate of drug-likeness (QED) is 0.239. The minimum Gasteiger partial charge on any atom is -0.484 e. The molecule has 3 rings (SSSR count). The molecule has 0 saturated carbocycles. The van der Waals surface area contributed by atoms with Crippen molar-refractivity contribution in [3.63, 3.8) is 0 Å². The van der Waals surface area contributed by atoms with E-state index in [1.807, 2.05) is 67.6 Å². The molecule has 3 aromatic rings. The molecule has 0 bridgehead atoms. The first-order valence-corrected chi connectivity index (χ1v) is 11.2. The van der Waals surface area contributed by atoms with E-state index in [9.17, 15) is 14.4 Å². The molecule has 35 heavy (non-hydrogen) atoms. The lowest BCUT2D eigenvalue weighted by molar-refractivity contribution is -0.139. The first kappa shape index (κ1) is 25.2. The van der Waals surface area contributed by atoms with Gasteiger partial charge in [-0.2, -0.15) is 5.10 Å². The molecule has 8 nitrogen and oxygen atoms in total. The van der Waals surface area contributed by atoms with E-state index in [1.165, 1.54) is 6.21 Å². The second kappa shape index (κ2) is 13.3. The summed E-state index contributed by atoms with van der Waals surface area (Å²) in [7, 11) is 0. The number of rotatable bonds is 10. The van der Waals surface area contributed by atoms with Crippen LogP contribution in [-0.4, -0.2) is 37.1 Å². The van der Waals surface area contributed by atoms with Gasteiger partial charge < -0.3 is 15.4 Å². The summed E-state index contributed by atoms with van der Waals surface area (Å²) in [6.45, 7) is 2.15. The van der Waals surface area contributed by atoms with Crippen molar-refractivity contribution in [2.24, 2.45) is 5.10 Å². The lowest BCUT2D eigenvalue weighted by atomic mass is 10.1. The number of amides is 3. The Kier molecular flexibility index (Phi) is 9.56. The summed E-state index contributed by atoms with van der Waals surface area (Å²) in [6, 6.07) is 26.0. The molecule has 0 aliphatic rings. The van der Waals surface area contributed by atoms with Crippen LogP contribution < -0.4 is 20.8 Å². The van der Waals surface area contributed by atoms with Gasteiger partial charge >= 0.3 is 11.8 Å². The first-order valence-electron chi connectivity index (χ1n) is 11.2. The number of hydrogen-bond donors (Lipinski definition) is 3. The lowest BCUT2D eigenvalue weighted by Gasteiger charge is -2.14. The van der Waals surface area contributed by atoms with Crippen molar-refractivity contribution in [1.29, 1.82) is 0 Å². The van der Waals surface area contributed by atoms with Gasteiger partial charge in [0.2, 0.25) is 0 Å². The number of ether oxygens (including phenoxy) is 1. The molecule has 0 unspecified atom stereocenters. The van der Waals surface area contributed by atoms with Gasteiger partial charge in [0.1, 0.15) is 5.75 Å². The summed E-state index contributed by atoms with van der Waals surface area (Å²) in [4.78, 5) is 35.8. The maximum Gasteiger partial charge on any atom is 0.329 e. The molecule has 0 aliphatic carbocycles. The Balaban J connectivity index is 1.36. The molecule has 3 N–H and O–H groups in total. The van der Waals surface area contributed by atoms with E-state index in [-0.39, 0.29) is 18.6 Å². The van der Waals surface area contributed by atoms with Crippen LogP contribution >= 0.6 is 0 Å². The van der Waals surface area contributed by atoms with Crippen molar-refractivity contribution in [2.75, 3.05) is 13.2 Å². The molecule has 180 valence electrons. The van der Waals surface area contributed by atoms with Gasteiger partial charge in [0.15, 0.2) is 6.61 Å². The maximum absolute atomic E-state index is 12.1. The molecule has 0 spiro atoms. The van der Waals surface area contributed by atoms with Crippen molar-refractivity contribution in [2.45, 2.75) is 19.4 Å². The SMILES string of the molecule is C[C@@H](NC(=O)COc1ccc(/C=N\NC(=O)C(=O)NCCc2ccccc2)cc1)c1ccccc1. The van der Waals surface area contributed by atoms with Crippen LogP contribution in [0.4, 0.5) is 0 Å². The number of benzene rings is 3. The molecule has 0 fully saturated rings. The van der Waals surface area contributed by atoms with Crippen molar-refractivity contribution in [3.8, 4) is 5.75 Å². The molecule has 0 heterocycles. The molecule has 3 amide bonds. The highest BCUT2D eigenvalue weighted by Gasteiger charge is 2.12. The molecule has 0 aromatic heterocycles. The molecule has 8 heteroatoms. The van der Waals surface area contributed by atoms with Gasteiger partial charge in [-0.3, -0.25) is 14.4 Å². The van der Waals surface area contributed by atoms with Crippen molar-refractivity contribution < 1.29 is 19.1 Å². The molecular weight excluding hydrogens is 444 g/mol. The Hall–Kier alpha value is -4.46. The fourth-order valence-corrected chi connectivity index (χ4v) is 3.17. The molecular formula is C27H28N4O4. The standard InChI is InChI=1S/C27H28N4O4/c1-20(23-10-6-3-7-11-23)30-25(32)19-35-24-14-12-22(13-15-24)18-29-31-27(34)26(33)28-17-16-21-8-4-2-5-9-21/h2-15,18,20H,16-17,19H2,1H3,(H,28,33)(H,30,32)(H,31,34)/b29-18-/t20-/m1/s1. The van der Waals surface area contributed by atoms with E-state index in [1.54, 1.807) is 24.3 Å². The zero-order valence-corrected chi connectivity index (χ0v) is 19.4. The van der Waals surface area contributed by atoms with Gasteiger partial charge in [0, 0.05) is 6.54 Å². The number of nitrogens with one attached hydrogen (secondary N) is 3. The summed E-state index contributed by atoms with van der Waals surface area (Å²) in [5.74, 6) is -1.30. The average Bonchev–Trinajstić information content (AvgIpc) is 2.89. The maximum atomic E-state index is 12.1. The number of hydrogen-bond acceptors (Lipinski definition) is 5. The Bertz CT molecular complexity index is 1130. The van der Waals surface area contributed by atoms with Gasteiger partial charge in [0.25, 0.3) is 5.91 Å². The van der Waals surface area contributed by atoms with Crippen LogP contribution in [0, 0.1) is 0 Å². The van der Waals surface area contributed by atoms with E-state index in [0.717, 1.165) is 11.1 Å². The third-order valence-corrected chi connectivity index (χ3v) is 5.06. The number of carbonyl (C=O) groups excluding carboxylic acids is 3. The normalized spacial score (nSPS) is 11.5. The summed E-state index contributed by atoms with van der Waals surface area (Å²) in [5.41, 5.74) is 4.97. The van der Waals surface area contributed by atoms with Crippen LogP contribution in [0.3, 0.4) is 0 Å². The van der Waals surface area contributed by atoms with E-state index < -0.39 is 11.8 Å². The van der Waals surface area contributed by atoms with Gasteiger partial charge in [-0.25, -0.2) is 5.43 Å². The van der Waals surface area contributed by atoms with Crippen LogP contribution in [0.5, 0.6) is 5.75 Å². The summed E-state index contributed by atoms with van der Waals surface area (Å²) in [5, 5.41) is 9.25. The zero-order valence-electron chi connectivity index (χ0n) is 19.4. The van der Waals surface area contributed by atoms with Crippen LogP contribution in [0.15, 0.2) is 90.0 Å². The third-order valence-electron chi connectivity index (χ3n) is 5.06. The smallest absolute Gasteiger partial charge is 0.329 e. The molecule has 0 saturated heterocycles. The van der Waals surface area contributed by atoms with Crippen LogP contribution in [-0.2, 0) is 20.8 Å². The fraction of sp³-hybridized carbons (Fsp3) is 0.185. The summed E-state index contributed by atoms with van der Waals surface area (Å²) < 4.78 is 5.52. The summed E-state index contributed by atoms with van der Waals surface area (Å²) in [6.07, 6.45) is 2.04. The number of nitrogens with zero attached hydrogens (tertiary/aromatic N) is 1. The number of hydrazone groups is 1. The molecule has 1 atom stereocenters. The highest BCUT2D eigenvalue weighted by atomic mass is 16.5. The molecule has 3 aromatic carbocycles. The van der Waals surface area contributed by atoms with Gasteiger partial charge in [-0.05, 0) is 54.3 Å². The Morgan fingerprint density at radius 2 is 1.54 bits per heavy atom.